The normalized spacial score (nSPS) is 10.6. The zero-order valence-electron chi connectivity index (χ0n) is 51.9. The van der Waals surface area contributed by atoms with E-state index in [1.165, 1.54) is 0 Å². The summed E-state index contributed by atoms with van der Waals surface area (Å²) in [5.41, 5.74) is 11.4. The molecule has 0 aliphatic rings. The van der Waals surface area contributed by atoms with Crippen LogP contribution in [0, 0.1) is 0 Å². The van der Waals surface area contributed by atoms with Crippen LogP contribution in [0.2, 0.25) is 0 Å². The fourth-order valence-corrected chi connectivity index (χ4v) is 9.12. The highest BCUT2D eigenvalue weighted by atomic mass is 16.6. The molecule has 0 N–H and O–H groups in total. The maximum atomic E-state index is 12.8. The van der Waals surface area contributed by atoms with E-state index in [-0.39, 0.29) is 101 Å². The van der Waals surface area contributed by atoms with Crippen molar-refractivity contribution in [3.8, 4) is 22.3 Å². The van der Waals surface area contributed by atoms with Gasteiger partial charge >= 0.3 is 47.8 Å². The second-order valence-electron chi connectivity index (χ2n) is 20.7. The van der Waals surface area contributed by atoms with E-state index >= 15 is 0 Å². The average molecular weight is 1250 g/mol. The Hall–Kier alpha value is -11.1. The third kappa shape index (κ3) is 19.9. The van der Waals surface area contributed by atoms with Gasteiger partial charge < -0.3 is 47.7 Å². The topological polar surface area (TPSA) is 217 Å². The van der Waals surface area contributed by atoms with Gasteiger partial charge in [0, 0.05) is 34.1 Å². The van der Waals surface area contributed by atoms with Gasteiger partial charge in [0.1, 0.15) is 26.4 Å². The summed E-state index contributed by atoms with van der Waals surface area (Å²) in [7, 11) is 0. The lowest BCUT2D eigenvalue weighted by Crippen LogP contribution is -2.16. The van der Waals surface area contributed by atoms with Crippen LogP contribution in [-0.2, 0) is 102 Å². The smallest absolute Gasteiger partial charge is 0.336 e. The number of nitrogens with zero attached hydrogens (tertiary/aromatic N) is 2. The van der Waals surface area contributed by atoms with Gasteiger partial charge in [-0.2, -0.15) is 0 Å². The zero-order chi connectivity index (χ0) is 66.1. The molecule has 7 rings (SSSR count). The maximum Gasteiger partial charge on any atom is 0.336 e. The highest BCUT2D eigenvalue weighted by Gasteiger charge is 2.20. The summed E-state index contributed by atoms with van der Waals surface area (Å²) >= 11 is 0. The SMILES string of the molecule is C=C(COC(=O)Cc1ccc(N(c2ccc(CC(=O)OCC(=C)C(=O)OCC)cc2)c2ccc(-c3ccc(-c4ccc(N(c5ccc(CC(=O)OCC(=C)C(=O)OCC)cc5)c5ccc(CC(=O)OCC(=C)C(=O)OCC)cc5)cc4)cc3)cc2)cc1)C(=O)OCC. The molecule has 92 heavy (non-hydrogen) atoms. The standard InChI is InChI=1S/C74H72N2O16/c1-9-85-71(81)49(5)45-89-67(77)41-53-13-29-61(30-14-53)75(62-31-15-54(16-32-62)42-68(78)90-46-50(6)72(82)86-10-2)65-37-25-59(26-38-65)57-21-23-58(24-22-57)60-27-39-66(40-28-60)76(63-33-17-55(18-34-63)43-69(79)91-47-51(7)73(83)87-11-3)64-35-19-56(20-36-64)44-70(80)92-48-52(8)74(84)88-12-4/h13-40H,5-12,41-48H2,1-4H3. The van der Waals surface area contributed by atoms with Crippen molar-refractivity contribution in [2.45, 2.75) is 53.4 Å². The molecule has 7 aromatic rings. The van der Waals surface area contributed by atoms with Gasteiger partial charge in [-0.3, -0.25) is 19.2 Å². The molecule has 0 heterocycles. The largest absolute Gasteiger partial charge is 0.463 e. The molecule has 0 spiro atoms. The molecule has 0 aliphatic heterocycles. The van der Waals surface area contributed by atoms with Crippen LogP contribution in [0.15, 0.2) is 218 Å². The fraction of sp³-hybridized carbons (Fsp3) is 0.216. The van der Waals surface area contributed by atoms with E-state index in [1.54, 1.807) is 27.7 Å². The number of hydrogen-bond acceptors (Lipinski definition) is 18. The number of anilines is 6. The van der Waals surface area contributed by atoms with Gasteiger partial charge in [-0.1, -0.05) is 123 Å². The number of carbonyl (C=O) groups excluding carboxylic acids is 8. The third-order valence-electron chi connectivity index (χ3n) is 13.9. The Morgan fingerprint density at radius 2 is 0.424 bits per heavy atom. The average Bonchev–Trinajstić information content (AvgIpc) is 0.839. The number of esters is 8. The van der Waals surface area contributed by atoms with E-state index in [9.17, 15) is 38.4 Å². The summed E-state index contributed by atoms with van der Waals surface area (Å²) in [6, 6.07) is 53.9. The van der Waals surface area contributed by atoms with E-state index in [1.807, 2.05) is 155 Å². The van der Waals surface area contributed by atoms with Crippen LogP contribution in [0.3, 0.4) is 0 Å². The lowest BCUT2D eigenvalue weighted by Gasteiger charge is -2.26. The van der Waals surface area contributed by atoms with Crippen molar-refractivity contribution in [1.82, 2.24) is 0 Å². The molecule has 474 valence electrons. The second kappa shape index (κ2) is 34.0. The Bertz CT molecular complexity index is 3350. The van der Waals surface area contributed by atoms with Crippen molar-refractivity contribution < 1.29 is 76.3 Å². The number of ether oxygens (including phenoxy) is 8. The monoisotopic (exact) mass is 1240 g/mol. The van der Waals surface area contributed by atoms with Gasteiger partial charge in [0.2, 0.25) is 0 Å². The van der Waals surface area contributed by atoms with Crippen LogP contribution in [0.5, 0.6) is 0 Å². The Kier molecular flexibility index (Phi) is 25.3. The molecular weight excluding hydrogens is 1170 g/mol. The van der Waals surface area contributed by atoms with Gasteiger partial charge in [-0.05, 0) is 145 Å². The van der Waals surface area contributed by atoms with Crippen LogP contribution in [0.4, 0.5) is 34.1 Å². The summed E-state index contributed by atoms with van der Waals surface area (Å²) in [6.07, 6.45) is -0.197. The van der Waals surface area contributed by atoms with Crippen molar-refractivity contribution in [3.63, 3.8) is 0 Å². The number of hydrogen-bond donors (Lipinski definition) is 0. The van der Waals surface area contributed by atoms with Crippen LogP contribution < -0.4 is 9.80 Å². The van der Waals surface area contributed by atoms with Crippen molar-refractivity contribution >= 4 is 81.9 Å². The first kappa shape index (κ1) is 68.4. The minimum absolute atomic E-state index is 0.0344. The summed E-state index contributed by atoms with van der Waals surface area (Å²) in [6.45, 7) is 20.8. The molecule has 0 amide bonds. The van der Waals surface area contributed by atoms with Crippen LogP contribution in [-0.4, -0.2) is 101 Å². The Morgan fingerprint density at radius 3 is 0.598 bits per heavy atom. The first-order chi connectivity index (χ1) is 44.4. The Morgan fingerprint density at radius 1 is 0.261 bits per heavy atom. The van der Waals surface area contributed by atoms with E-state index < -0.39 is 47.8 Å². The van der Waals surface area contributed by atoms with Gasteiger partial charge in [-0.25, -0.2) is 19.2 Å². The van der Waals surface area contributed by atoms with Gasteiger partial charge in [0.15, 0.2) is 0 Å². The minimum Gasteiger partial charge on any atom is -0.463 e. The zero-order valence-corrected chi connectivity index (χ0v) is 51.9. The van der Waals surface area contributed by atoms with Gasteiger partial charge in [-0.15, -0.1) is 0 Å². The van der Waals surface area contributed by atoms with Crippen molar-refractivity contribution in [2.75, 3.05) is 62.7 Å². The highest BCUT2D eigenvalue weighted by Crippen LogP contribution is 2.39. The molecule has 7 aromatic carbocycles. The molecule has 0 aromatic heterocycles. The molecular formula is C74H72N2O16. The maximum absolute atomic E-state index is 12.8. The number of benzene rings is 7. The summed E-state index contributed by atoms with van der Waals surface area (Å²) in [5, 5.41) is 0. The van der Waals surface area contributed by atoms with Crippen molar-refractivity contribution in [3.05, 3.63) is 241 Å². The van der Waals surface area contributed by atoms with E-state index in [4.69, 9.17) is 37.9 Å². The fourth-order valence-electron chi connectivity index (χ4n) is 9.12. The van der Waals surface area contributed by atoms with E-state index in [0.29, 0.717) is 22.3 Å². The summed E-state index contributed by atoms with van der Waals surface area (Å²) in [5.74, 6) is -4.68. The van der Waals surface area contributed by atoms with E-state index in [0.717, 1.165) is 56.4 Å². The van der Waals surface area contributed by atoms with Gasteiger partial charge in [0.05, 0.1) is 74.4 Å². The van der Waals surface area contributed by atoms with Gasteiger partial charge in [0.25, 0.3) is 0 Å². The van der Waals surface area contributed by atoms with E-state index in [2.05, 4.69) is 50.6 Å². The second-order valence-corrected chi connectivity index (χ2v) is 20.7. The predicted octanol–water partition coefficient (Wildman–Crippen LogP) is 12.8. The molecule has 0 bridgehead atoms. The quantitative estimate of drug-likeness (QED) is 0.0217. The lowest BCUT2D eigenvalue weighted by molar-refractivity contribution is -0.145. The van der Waals surface area contributed by atoms with Crippen LogP contribution in [0.1, 0.15) is 49.9 Å². The first-order valence-electron chi connectivity index (χ1n) is 29.7. The van der Waals surface area contributed by atoms with Crippen LogP contribution in [0.25, 0.3) is 22.3 Å². The number of carbonyl (C=O) groups is 8. The van der Waals surface area contributed by atoms with Crippen molar-refractivity contribution in [1.29, 1.82) is 0 Å². The third-order valence-corrected chi connectivity index (χ3v) is 13.9. The molecule has 18 heteroatoms. The lowest BCUT2D eigenvalue weighted by atomic mass is 9.99. The van der Waals surface area contributed by atoms with Crippen molar-refractivity contribution in [2.24, 2.45) is 0 Å². The molecule has 0 atom stereocenters. The molecule has 0 saturated carbocycles. The summed E-state index contributed by atoms with van der Waals surface area (Å²) < 4.78 is 40.9. The molecule has 0 aliphatic carbocycles. The van der Waals surface area contributed by atoms with Crippen LogP contribution >= 0.6 is 0 Å². The Labute approximate surface area is 534 Å². The highest BCUT2D eigenvalue weighted by molar-refractivity contribution is 5.91. The molecule has 0 unspecified atom stereocenters. The molecule has 18 nitrogen and oxygen atoms in total. The minimum atomic E-state index is -0.630. The molecule has 0 fully saturated rings. The molecule has 0 radical (unpaired) electrons. The predicted molar refractivity (Wildman–Crippen MR) is 348 cm³/mol. The molecule has 0 saturated heterocycles. The Balaban J connectivity index is 1.09. The summed E-state index contributed by atoms with van der Waals surface area (Å²) in [4.78, 5) is 103. The first-order valence-corrected chi connectivity index (χ1v) is 29.7. The number of rotatable bonds is 32.